The van der Waals surface area contributed by atoms with Gasteiger partial charge >= 0.3 is 0 Å². The van der Waals surface area contributed by atoms with Gasteiger partial charge in [0.05, 0.1) is 5.56 Å². The first kappa shape index (κ1) is 11.9. The molecule has 9 heteroatoms. The third-order valence-corrected chi connectivity index (χ3v) is 3.04. The normalized spacial score (nSPS) is 15.4. The van der Waals surface area contributed by atoms with Crippen molar-refractivity contribution in [3.63, 3.8) is 0 Å². The predicted molar refractivity (Wildman–Crippen MR) is 49.9 cm³/mol. The summed E-state index contributed by atoms with van der Waals surface area (Å²) in [6.45, 7) is 0. The van der Waals surface area contributed by atoms with Crippen molar-refractivity contribution in [2.24, 2.45) is 0 Å². The lowest BCUT2D eigenvalue weighted by Crippen LogP contribution is -2.20. The van der Waals surface area contributed by atoms with Crippen LogP contribution < -0.4 is 4.72 Å². The number of sulfonamides is 1. The quantitative estimate of drug-likeness (QED) is 0.481. The van der Waals surface area contributed by atoms with Gasteiger partial charge in [0.15, 0.2) is 0 Å². The van der Waals surface area contributed by atoms with Gasteiger partial charge in [-0.05, 0) is 12.1 Å². The van der Waals surface area contributed by atoms with E-state index in [0.29, 0.717) is 0 Å². The Labute approximate surface area is 89.7 Å². The zero-order chi connectivity index (χ0) is 12.3. The first-order chi connectivity index (χ1) is 7.34. The Morgan fingerprint density at radius 1 is 1.31 bits per heavy atom. The highest BCUT2D eigenvalue weighted by molar-refractivity contribution is 7.90. The van der Waals surface area contributed by atoms with Crippen LogP contribution in [0.3, 0.4) is 0 Å². The van der Waals surface area contributed by atoms with Crippen molar-refractivity contribution >= 4 is 15.9 Å². The van der Waals surface area contributed by atoms with Crippen LogP contribution in [0.25, 0.3) is 0 Å². The third kappa shape index (κ3) is 2.45. The average Bonchev–Trinajstić information content (AvgIpc) is 2.38. The monoisotopic (exact) mass is 246 g/mol. The summed E-state index contributed by atoms with van der Waals surface area (Å²) in [6.07, 6.45) is 0. The fourth-order valence-electron chi connectivity index (χ4n) is 1.12. The van der Waals surface area contributed by atoms with Crippen LogP contribution in [0.5, 0.6) is 0 Å². The summed E-state index contributed by atoms with van der Waals surface area (Å²) >= 11 is 0. The van der Waals surface area contributed by atoms with Crippen LogP contribution in [0.4, 0.5) is 0 Å². The largest absolute Gasteiger partial charge is 0.328 e. The number of carbonyl (C=O) groups is 1. The molecule has 1 aliphatic rings. The van der Waals surface area contributed by atoms with Gasteiger partial charge in [-0.25, -0.2) is 13.1 Å². The van der Waals surface area contributed by atoms with E-state index < -0.39 is 21.0 Å². The maximum atomic E-state index is 11.1. The number of carbonyl (C=O) groups excluding carboxylic acids is 1. The number of amides is 1. The van der Waals surface area contributed by atoms with E-state index in [2.05, 4.69) is 0 Å². The molecule has 1 aliphatic heterocycles. The van der Waals surface area contributed by atoms with Crippen molar-refractivity contribution < 1.29 is 23.5 Å². The Morgan fingerprint density at radius 2 is 1.81 bits per heavy atom. The lowest BCUT2D eigenvalue weighted by molar-refractivity contribution is -0.742. The zero-order valence-corrected chi connectivity index (χ0v) is 8.47. The summed E-state index contributed by atoms with van der Waals surface area (Å²) in [5.74, 6) is -0.550. The number of benzene rings is 1. The number of hydrogen-bond donors (Lipinski definition) is 2. The molecule has 0 radical (unpaired) electrons. The molecule has 1 aromatic rings. The van der Waals surface area contributed by atoms with Gasteiger partial charge in [0.2, 0.25) is 0 Å². The maximum absolute atomic E-state index is 11.1. The first-order valence-corrected chi connectivity index (χ1v) is 5.32. The smallest absolute Gasteiger partial charge is 0.291 e. The zero-order valence-electron chi connectivity index (χ0n) is 7.65. The van der Waals surface area contributed by atoms with Crippen molar-refractivity contribution in [2.45, 2.75) is 4.90 Å². The molecule has 0 aromatic heterocycles. The van der Waals surface area contributed by atoms with E-state index in [9.17, 15) is 13.2 Å². The average molecular weight is 246 g/mol. The third-order valence-electron chi connectivity index (χ3n) is 1.65. The van der Waals surface area contributed by atoms with Gasteiger partial charge < -0.3 is 5.21 Å². The summed E-state index contributed by atoms with van der Waals surface area (Å²) in [6, 6.07) is 6.09. The van der Waals surface area contributed by atoms with Crippen LogP contribution in [0.1, 0.15) is 10.4 Å². The topological polar surface area (TPSA) is 127 Å². The van der Waals surface area contributed by atoms with Crippen molar-refractivity contribution in [3.8, 4) is 0 Å². The minimum Gasteiger partial charge on any atom is -0.328 e. The fraction of sp³-hybridized carbons (Fsp3) is 0. The molecule has 0 bridgehead atoms. The van der Waals surface area contributed by atoms with Gasteiger partial charge in [-0.15, -0.1) is 10.1 Å². The Kier molecular flexibility index (Phi) is 3.09. The number of nitrogens with one attached hydrogen (secondary N) is 1. The van der Waals surface area contributed by atoms with E-state index in [1.165, 1.54) is 12.1 Å². The van der Waals surface area contributed by atoms with Crippen LogP contribution in [-0.2, 0) is 10.0 Å². The standard InChI is InChI=1S/C7H5NO3S.HNO3/c9-7-5-3-1-2-4-6(5)12(10,11)8-7;2-1(3)4/h1-4H,(H,8,9);(H,2,3,4). The molecule has 0 fully saturated rings. The molecule has 0 saturated heterocycles. The van der Waals surface area contributed by atoms with Crippen molar-refractivity contribution in [1.82, 2.24) is 4.72 Å². The summed E-state index contributed by atoms with van der Waals surface area (Å²) in [5.41, 5.74) is 0.220. The van der Waals surface area contributed by atoms with Crippen LogP contribution in [0.15, 0.2) is 29.2 Å². The van der Waals surface area contributed by atoms with Gasteiger partial charge in [-0.2, -0.15) is 0 Å². The summed E-state index contributed by atoms with van der Waals surface area (Å²) in [5, 5.41) is 13.6. The van der Waals surface area contributed by atoms with Crippen LogP contribution in [0.2, 0.25) is 0 Å². The molecule has 0 atom stereocenters. The van der Waals surface area contributed by atoms with Crippen molar-refractivity contribution in [2.75, 3.05) is 0 Å². The molecule has 8 nitrogen and oxygen atoms in total. The van der Waals surface area contributed by atoms with E-state index in [-0.39, 0.29) is 10.5 Å². The van der Waals surface area contributed by atoms with Crippen LogP contribution in [0, 0.1) is 10.1 Å². The minimum absolute atomic E-state index is 0.0648. The van der Waals surface area contributed by atoms with E-state index in [0.717, 1.165) is 0 Å². The molecule has 86 valence electrons. The fourth-order valence-corrected chi connectivity index (χ4v) is 2.29. The lowest BCUT2D eigenvalue weighted by Gasteiger charge is -1.91. The molecular formula is C7H6N2O6S. The summed E-state index contributed by atoms with van der Waals surface area (Å²) < 4.78 is 24.2. The van der Waals surface area contributed by atoms with Crippen molar-refractivity contribution in [1.29, 1.82) is 0 Å². The molecule has 1 aromatic carbocycles. The van der Waals surface area contributed by atoms with Gasteiger partial charge in [-0.1, -0.05) is 12.1 Å². The Balaban J connectivity index is 0.000000280. The lowest BCUT2D eigenvalue weighted by atomic mass is 10.2. The Hall–Kier alpha value is -2.16. The SMILES string of the molecule is O=C1NS(=O)(=O)c2ccccc21.O=[N+]([O-])O. The number of rotatable bonds is 0. The van der Waals surface area contributed by atoms with E-state index in [4.69, 9.17) is 15.3 Å². The maximum Gasteiger partial charge on any atom is 0.291 e. The van der Waals surface area contributed by atoms with E-state index in [1.54, 1.807) is 12.1 Å². The van der Waals surface area contributed by atoms with Crippen molar-refractivity contribution in [3.05, 3.63) is 39.9 Å². The van der Waals surface area contributed by atoms with Gasteiger partial charge in [0, 0.05) is 0 Å². The molecular weight excluding hydrogens is 240 g/mol. The second-order valence-electron chi connectivity index (χ2n) is 2.67. The molecule has 0 aliphatic carbocycles. The predicted octanol–water partition coefficient (Wildman–Crippen LogP) is -0.229. The van der Waals surface area contributed by atoms with E-state index >= 15 is 0 Å². The first-order valence-electron chi connectivity index (χ1n) is 3.84. The molecule has 2 N–H and O–H groups in total. The second-order valence-corrected chi connectivity index (χ2v) is 4.32. The van der Waals surface area contributed by atoms with Crippen LogP contribution in [-0.4, -0.2) is 24.6 Å². The van der Waals surface area contributed by atoms with Gasteiger partial charge in [0.25, 0.3) is 21.0 Å². The molecule has 0 saturated carbocycles. The molecule has 0 unspecified atom stereocenters. The number of hydrogen-bond acceptors (Lipinski definition) is 5. The Bertz CT molecular complexity index is 534. The molecule has 1 amide bonds. The number of nitrogens with zero attached hydrogens (tertiary/aromatic N) is 1. The minimum atomic E-state index is -3.55. The summed E-state index contributed by atoms with van der Waals surface area (Å²) in [4.78, 5) is 19.4. The Morgan fingerprint density at radius 3 is 2.31 bits per heavy atom. The van der Waals surface area contributed by atoms with Gasteiger partial charge in [0.1, 0.15) is 4.90 Å². The summed E-state index contributed by atoms with van der Waals surface area (Å²) in [7, 11) is -3.55. The molecule has 2 rings (SSSR count). The molecule has 1 heterocycles. The highest BCUT2D eigenvalue weighted by Gasteiger charge is 2.31. The molecule has 16 heavy (non-hydrogen) atoms. The van der Waals surface area contributed by atoms with Crippen LogP contribution >= 0.6 is 0 Å². The second kappa shape index (κ2) is 4.14. The van der Waals surface area contributed by atoms with Gasteiger partial charge in [-0.3, -0.25) is 4.79 Å². The number of fused-ring (bicyclic) bond motifs is 1. The molecule has 0 spiro atoms. The van der Waals surface area contributed by atoms with E-state index in [1.807, 2.05) is 4.72 Å². The highest BCUT2D eigenvalue weighted by atomic mass is 32.2. The highest BCUT2D eigenvalue weighted by Crippen LogP contribution is 2.20.